The topological polar surface area (TPSA) is 60.5 Å². The Morgan fingerprint density at radius 3 is 3.00 bits per heavy atom. The first kappa shape index (κ1) is 14.6. The Hall–Kier alpha value is -0.850. The Bertz CT molecular complexity index is 459. The highest BCUT2D eigenvalue weighted by Gasteiger charge is 2.26. The normalized spacial score (nSPS) is 20.1. The third-order valence-corrected chi connectivity index (χ3v) is 3.71. The van der Waals surface area contributed by atoms with Crippen LogP contribution in [-0.4, -0.2) is 47.7 Å². The number of carbonyl (C=O) groups is 1. The number of amides is 1. The van der Waals surface area contributed by atoms with E-state index in [1.54, 1.807) is 0 Å². The van der Waals surface area contributed by atoms with Crippen molar-refractivity contribution >= 4 is 21.8 Å². The van der Waals surface area contributed by atoms with Crippen molar-refractivity contribution in [2.45, 2.75) is 26.0 Å². The van der Waals surface area contributed by atoms with Crippen molar-refractivity contribution in [1.82, 2.24) is 9.47 Å². The predicted octanol–water partition coefficient (Wildman–Crippen LogP) is 1.63. The Labute approximate surface area is 121 Å². The summed E-state index contributed by atoms with van der Waals surface area (Å²) in [5, 5.41) is 0. The van der Waals surface area contributed by atoms with E-state index in [0.29, 0.717) is 31.9 Å². The molecule has 1 aromatic heterocycles. The molecule has 0 aromatic carbocycles. The molecule has 0 saturated carbocycles. The fraction of sp³-hybridized carbons (Fsp3) is 0.615. The van der Waals surface area contributed by atoms with Gasteiger partial charge >= 0.3 is 0 Å². The number of morpholine rings is 1. The van der Waals surface area contributed by atoms with E-state index in [9.17, 15) is 4.79 Å². The summed E-state index contributed by atoms with van der Waals surface area (Å²) in [6.07, 6.45) is 1.89. The summed E-state index contributed by atoms with van der Waals surface area (Å²) in [5.41, 5.74) is 6.32. The molecule has 1 unspecified atom stereocenters. The predicted molar refractivity (Wildman–Crippen MR) is 77.2 cm³/mol. The van der Waals surface area contributed by atoms with Crippen molar-refractivity contribution < 1.29 is 9.53 Å². The molecule has 1 atom stereocenters. The Balaban J connectivity index is 2.19. The van der Waals surface area contributed by atoms with Gasteiger partial charge in [-0.05, 0) is 35.8 Å². The number of hydrogen-bond donors (Lipinski definition) is 1. The number of ether oxygens (including phenoxy) is 1. The molecule has 6 heteroatoms. The molecule has 1 aliphatic heterocycles. The van der Waals surface area contributed by atoms with Gasteiger partial charge in [0.05, 0.1) is 12.7 Å². The zero-order valence-corrected chi connectivity index (χ0v) is 12.9. The number of hydrogen-bond acceptors (Lipinski definition) is 3. The minimum absolute atomic E-state index is 0.0427. The number of nitrogens with zero attached hydrogens (tertiary/aromatic N) is 2. The minimum Gasteiger partial charge on any atom is -0.373 e. The molecule has 1 amide bonds. The molecule has 5 nitrogen and oxygen atoms in total. The molecular weight excluding hydrogens is 310 g/mol. The lowest BCUT2D eigenvalue weighted by molar-refractivity contribution is -0.0171. The van der Waals surface area contributed by atoms with Crippen LogP contribution in [0.4, 0.5) is 0 Å². The van der Waals surface area contributed by atoms with Crippen LogP contribution in [-0.2, 0) is 4.74 Å². The molecule has 0 radical (unpaired) electrons. The second-order valence-corrected chi connectivity index (χ2v) is 5.94. The van der Waals surface area contributed by atoms with Crippen LogP contribution in [0, 0.1) is 0 Å². The Kier molecular flexibility index (Phi) is 4.65. The molecule has 2 rings (SSSR count). The largest absolute Gasteiger partial charge is 0.373 e. The van der Waals surface area contributed by atoms with Gasteiger partial charge in [0.1, 0.15) is 5.69 Å². The summed E-state index contributed by atoms with van der Waals surface area (Å²) in [6.45, 7) is 6.30. The van der Waals surface area contributed by atoms with Gasteiger partial charge in [-0.2, -0.15) is 0 Å². The van der Waals surface area contributed by atoms with Gasteiger partial charge < -0.3 is 19.9 Å². The molecule has 2 heterocycles. The standard InChI is InChI=1S/C13H20BrN3O2/c1-9(2)17-7-10(14)5-12(17)13(18)16-3-4-19-11(6-15)8-16/h5,7,9,11H,3-4,6,8,15H2,1-2H3. The van der Waals surface area contributed by atoms with Crippen LogP contribution in [0.1, 0.15) is 30.4 Å². The Morgan fingerprint density at radius 2 is 2.37 bits per heavy atom. The van der Waals surface area contributed by atoms with Crippen LogP contribution in [0.5, 0.6) is 0 Å². The number of carbonyl (C=O) groups excluding carboxylic acids is 1. The van der Waals surface area contributed by atoms with Gasteiger partial charge in [-0.25, -0.2) is 0 Å². The van der Waals surface area contributed by atoms with E-state index in [-0.39, 0.29) is 18.1 Å². The first-order chi connectivity index (χ1) is 9.02. The van der Waals surface area contributed by atoms with Crippen molar-refractivity contribution in [3.63, 3.8) is 0 Å². The van der Waals surface area contributed by atoms with E-state index in [4.69, 9.17) is 10.5 Å². The molecule has 106 valence electrons. The second kappa shape index (κ2) is 6.07. The zero-order chi connectivity index (χ0) is 14.0. The highest BCUT2D eigenvalue weighted by atomic mass is 79.9. The van der Waals surface area contributed by atoms with Crippen LogP contribution in [0.25, 0.3) is 0 Å². The van der Waals surface area contributed by atoms with Crippen LogP contribution in [0.2, 0.25) is 0 Å². The van der Waals surface area contributed by atoms with E-state index in [2.05, 4.69) is 29.8 Å². The van der Waals surface area contributed by atoms with Gasteiger partial charge in [0.25, 0.3) is 5.91 Å². The lowest BCUT2D eigenvalue weighted by Gasteiger charge is -2.32. The fourth-order valence-electron chi connectivity index (χ4n) is 2.25. The van der Waals surface area contributed by atoms with Gasteiger partial charge in [0.15, 0.2) is 0 Å². The highest BCUT2D eigenvalue weighted by Crippen LogP contribution is 2.21. The van der Waals surface area contributed by atoms with Crippen LogP contribution < -0.4 is 5.73 Å². The van der Waals surface area contributed by atoms with Crippen molar-refractivity contribution in [1.29, 1.82) is 0 Å². The van der Waals surface area contributed by atoms with Gasteiger partial charge in [0.2, 0.25) is 0 Å². The molecule has 1 aromatic rings. The number of nitrogens with two attached hydrogens (primary N) is 1. The van der Waals surface area contributed by atoms with E-state index < -0.39 is 0 Å². The quantitative estimate of drug-likeness (QED) is 0.916. The molecule has 0 aliphatic carbocycles. The van der Waals surface area contributed by atoms with Crippen LogP contribution in [0.3, 0.4) is 0 Å². The lowest BCUT2D eigenvalue weighted by atomic mass is 10.2. The van der Waals surface area contributed by atoms with Crippen molar-refractivity contribution in [2.24, 2.45) is 5.73 Å². The molecular formula is C13H20BrN3O2. The second-order valence-electron chi connectivity index (χ2n) is 5.02. The molecule has 1 fully saturated rings. The average molecular weight is 330 g/mol. The molecule has 0 bridgehead atoms. The monoisotopic (exact) mass is 329 g/mol. The van der Waals surface area contributed by atoms with E-state index in [1.165, 1.54) is 0 Å². The van der Waals surface area contributed by atoms with Gasteiger partial charge in [-0.3, -0.25) is 4.79 Å². The minimum atomic E-state index is -0.0522. The molecule has 2 N–H and O–H groups in total. The van der Waals surface area contributed by atoms with Gasteiger partial charge in [-0.15, -0.1) is 0 Å². The van der Waals surface area contributed by atoms with Crippen molar-refractivity contribution in [3.05, 3.63) is 22.4 Å². The van der Waals surface area contributed by atoms with Gasteiger partial charge in [-0.1, -0.05) is 0 Å². The van der Waals surface area contributed by atoms with E-state index >= 15 is 0 Å². The van der Waals surface area contributed by atoms with Crippen LogP contribution >= 0.6 is 15.9 Å². The number of aromatic nitrogens is 1. The van der Waals surface area contributed by atoms with Crippen molar-refractivity contribution in [2.75, 3.05) is 26.2 Å². The summed E-state index contributed by atoms with van der Waals surface area (Å²) in [4.78, 5) is 14.4. The van der Waals surface area contributed by atoms with Crippen molar-refractivity contribution in [3.8, 4) is 0 Å². The SMILES string of the molecule is CC(C)n1cc(Br)cc1C(=O)N1CCOC(CN)C1. The van der Waals surface area contributed by atoms with Gasteiger partial charge in [0, 0.05) is 36.3 Å². The third kappa shape index (κ3) is 3.19. The summed E-state index contributed by atoms with van der Waals surface area (Å²) in [5.74, 6) is 0.0427. The smallest absolute Gasteiger partial charge is 0.270 e. The summed E-state index contributed by atoms with van der Waals surface area (Å²) < 4.78 is 8.40. The molecule has 1 aliphatic rings. The third-order valence-electron chi connectivity index (χ3n) is 3.28. The van der Waals surface area contributed by atoms with E-state index in [1.807, 2.05) is 21.7 Å². The van der Waals surface area contributed by atoms with E-state index in [0.717, 1.165) is 4.47 Å². The number of halogens is 1. The Morgan fingerprint density at radius 1 is 1.63 bits per heavy atom. The first-order valence-corrected chi connectivity index (χ1v) is 7.30. The zero-order valence-electron chi connectivity index (χ0n) is 11.3. The average Bonchev–Trinajstić information content (AvgIpc) is 2.80. The first-order valence-electron chi connectivity index (χ1n) is 6.51. The molecule has 19 heavy (non-hydrogen) atoms. The molecule has 1 saturated heterocycles. The lowest BCUT2D eigenvalue weighted by Crippen LogP contribution is -2.48. The highest BCUT2D eigenvalue weighted by molar-refractivity contribution is 9.10. The molecule has 0 spiro atoms. The maximum Gasteiger partial charge on any atom is 0.270 e. The maximum absolute atomic E-state index is 12.6. The summed E-state index contributed by atoms with van der Waals surface area (Å²) in [6, 6.07) is 2.12. The number of rotatable bonds is 3. The fourth-order valence-corrected chi connectivity index (χ4v) is 2.69. The summed E-state index contributed by atoms with van der Waals surface area (Å²) in [7, 11) is 0. The maximum atomic E-state index is 12.6. The van der Waals surface area contributed by atoms with Crippen LogP contribution in [0.15, 0.2) is 16.7 Å². The summed E-state index contributed by atoms with van der Waals surface area (Å²) >= 11 is 3.43.